The Kier molecular flexibility index (Phi) is 9.51. The van der Waals surface area contributed by atoms with Gasteiger partial charge in [0.05, 0.1) is 42.2 Å². The smallest absolute Gasteiger partial charge is 0.264 e. The van der Waals surface area contributed by atoms with Gasteiger partial charge in [0.2, 0.25) is 5.91 Å². The Hall–Kier alpha value is -4.09. The van der Waals surface area contributed by atoms with E-state index in [9.17, 15) is 18.0 Å². The van der Waals surface area contributed by atoms with Gasteiger partial charge in [-0.2, -0.15) is 0 Å². The highest BCUT2D eigenvalue weighted by atomic mass is 32.2. The lowest BCUT2D eigenvalue weighted by molar-refractivity contribution is -0.114. The lowest BCUT2D eigenvalue weighted by atomic mass is 10.1. The van der Waals surface area contributed by atoms with Crippen molar-refractivity contribution in [3.8, 4) is 11.5 Å². The number of carbonyl (C=O) groups excluding carboxylic acids is 2. The molecule has 2 N–H and O–H groups in total. The molecule has 0 radical (unpaired) electrons. The number of hydrogen-bond donors (Lipinski definition) is 2. The molecule has 1 fully saturated rings. The highest BCUT2D eigenvalue weighted by Gasteiger charge is 2.29. The number of nitrogens with zero attached hydrogens (tertiary/aromatic N) is 1. The van der Waals surface area contributed by atoms with Crippen LogP contribution in [0.25, 0.3) is 0 Å². The van der Waals surface area contributed by atoms with Gasteiger partial charge in [0.1, 0.15) is 6.54 Å². The Morgan fingerprint density at radius 2 is 1.68 bits per heavy atom. The largest absolute Gasteiger partial charge is 0.493 e. The monoisotopic (exact) mass is 581 g/mol. The number of nitrogens with one attached hydrogen (secondary N) is 2. The number of amides is 2. The van der Waals surface area contributed by atoms with E-state index in [1.165, 1.54) is 32.4 Å². The van der Waals surface area contributed by atoms with E-state index in [-0.39, 0.29) is 33.9 Å². The third-order valence-electron chi connectivity index (χ3n) is 6.68. The number of sulfonamides is 1. The summed E-state index contributed by atoms with van der Waals surface area (Å²) in [5.74, 6) is -0.369. The summed E-state index contributed by atoms with van der Waals surface area (Å²) in [5, 5.41) is 5.59. The van der Waals surface area contributed by atoms with Crippen molar-refractivity contribution in [2.45, 2.75) is 37.7 Å². The van der Waals surface area contributed by atoms with Crippen LogP contribution in [0.15, 0.2) is 65.6 Å². The summed E-state index contributed by atoms with van der Waals surface area (Å²) in [4.78, 5) is 26.3. The van der Waals surface area contributed by atoms with Crippen molar-refractivity contribution in [1.29, 1.82) is 0 Å². The summed E-state index contributed by atoms with van der Waals surface area (Å²) < 4.78 is 45.1. The number of hydrogen-bond acceptors (Lipinski definition) is 7. The Labute approximate surface area is 240 Å². The number of aryl methyl sites for hydroxylation is 2. The van der Waals surface area contributed by atoms with Crippen LogP contribution in [0, 0.1) is 13.8 Å². The molecule has 218 valence electrons. The van der Waals surface area contributed by atoms with Crippen molar-refractivity contribution < 1.29 is 32.2 Å². The molecular weight excluding hydrogens is 546 g/mol. The SMILES string of the molecule is COc1ccc(S(=O)(=O)N(CC(=O)Nc2ccccc2C(=O)NC[C@@H]2CCCO2)c2cc(C)cc(C)c2)cc1OC. The minimum absolute atomic E-state index is 0.0335. The first-order valence-corrected chi connectivity index (χ1v) is 14.7. The molecule has 3 aromatic rings. The minimum atomic E-state index is -4.23. The number of methoxy groups -OCH3 is 2. The third-order valence-corrected chi connectivity index (χ3v) is 8.45. The zero-order chi connectivity index (χ0) is 29.6. The van der Waals surface area contributed by atoms with Crippen LogP contribution in [-0.2, 0) is 19.6 Å². The molecule has 0 aromatic heterocycles. The highest BCUT2D eigenvalue weighted by Crippen LogP contribution is 2.33. The molecule has 11 heteroatoms. The second kappa shape index (κ2) is 13.0. The van der Waals surface area contributed by atoms with Crippen molar-refractivity contribution in [2.75, 3.05) is 43.5 Å². The van der Waals surface area contributed by atoms with Gasteiger partial charge >= 0.3 is 0 Å². The molecule has 4 rings (SSSR count). The second-order valence-electron chi connectivity index (χ2n) is 9.81. The lowest BCUT2D eigenvalue weighted by Gasteiger charge is -2.25. The second-order valence-corrected chi connectivity index (χ2v) is 11.7. The molecule has 0 saturated carbocycles. The maximum Gasteiger partial charge on any atom is 0.264 e. The molecule has 0 bridgehead atoms. The topological polar surface area (TPSA) is 123 Å². The van der Waals surface area contributed by atoms with E-state index in [0.717, 1.165) is 28.3 Å². The van der Waals surface area contributed by atoms with E-state index in [1.807, 2.05) is 19.9 Å². The predicted molar refractivity (Wildman–Crippen MR) is 156 cm³/mol. The molecule has 0 aliphatic carbocycles. The zero-order valence-corrected chi connectivity index (χ0v) is 24.4. The molecule has 1 aliphatic heterocycles. The maximum atomic E-state index is 14.0. The van der Waals surface area contributed by atoms with Crippen LogP contribution in [-0.4, -0.2) is 60.3 Å². The van der Waals surface area contributed by atoms with Gasteiger partial charge < -0.3 is 24.8 Å². The summed E-state index contributed by atoms with van der Waals surface area (Å²) in [5.41, 5.74) is 2.53. The lowest BCUT2D eigenvalue weighted by Crippen LogP contribution is -2.38. The van der Waals surface area contributed by atoms with Gasteiger partial charge in [-0.15, -0.1) is 0 Å². The van der Waals surface area contributed by atoms with Gasteiger partial charge in [-0.25, -0.2) is 8.42 Å². The van der Waals surface area contributed by atoms with Gasteiger partial charge in [-0.3, -0.25) is 13.9 Å². The molecule has 1 aliphatic rings. The Morgan fingerprint density at radius 1 is 0.976 bits per heavy atom. The molecule has 0 spiro atoms. The minimum Gasteiger partial charge on any atom is -0.493 e. The van der Waals surface area contributed by atoms with E-state index in [1.54, 1.807) is 36.4 Å². The van der Waals surface area contributed by atoms with Gasteiger partial charge in [0, 0.05) is 19.2 Å². The number of anilines is 2. The van der Waals surface area contributed by atoms with Crippen LogP contribution >= 0.6 is 0 Å². The van der Waals surface area contributed by atoms with Crippen LogP contribution in [0.5, 0.6) is 11.5 Å². The molecular formula is C30H35N3O7S. The number of benzene rings is 3. The Bertz CT molecular complexity index is 1500. The number of ether oxygens (including phenoxy) is 3. The average Bonchev–Trinajstić information content (AvgIpc) is 3.47. The highest BCUT2D eigenvalue weighted by molar-refractivity contribution is 7.92. The predicted octanol–water partition coefficient (Wildman–Crippen LogP) is 4.06. The third kappa shape index (κ3) is 7.17. The van der Waals surface area contributed by atoms with Crippen molar-refractivity contribution in [1.82, 2.24) is 5.32 Å². The van der Waals surface area contributed by atoms with Crippen molar-refractivity contribution in [3.05, 3.63) is 77.4 Å². The fourth-order valence-corrected chi connectivity index (χ4v) is 6.15. The first kappa shape index (κ1) is 29.9. The van der Waals surface area contributed by atoms with Crippen LogP contribution in [0.3, 0.4) is 0 Å². The number of para-hydroxylation sites is 1. The average molecular weight is 582 g/mol. The quantitative estimate of drug-likeness (QED) is 0.350. The first-order chi connectivity index (χ1) is 19.6. The van der Waals surface area contributed by atoms with Crippen molar-refractivity contribution in [2.24, 2.45) is 0 Å². The van der Waals surface area contributed by atoms with Gasteiger partial charge in [-0.1, -0.05) is 18.2 Å². The van der Waals surface area contributed by atoms with Gasteiger partial charge in [0.15, 0.2) is 11.5 Å². The summed E-state index contributed by atoms with van der Waals surface area (Å²) in [6.45, 7) is 4.21. The maximum absolute atomic E-state index is 14.0. The molecule has 3 aromatic carbocycles. The normalized spacial score (nSPS) is 14.8. The fourth-order valence-electron chi connectivity index (χ4n) is 4.73. The van der Waals surface area contributed by atoms with E-state index < -0.39 is 22.5 Å². The van der Waals surface area contributed by atoms with E-state index in [2.05, 4.69) is 10.6 Å². The van der Waals surface area contributed by atoms with Gasteiger partial charge in [-0.05, 0) is 74.2 Å². The van der Waals surface area contributed by atoms with Crippen molar-refractivity contribution >= 4 is 33.2 Å². The summed E-state index contributed by atoms with van der Waals surface area (Å²) in [6, 6.07) is 16.1. The molecule has 1 heterocycles. The molecule has 2 amide bonds. The fraction of sp³-hybridized carbons (Fsp3) is 0.333. The molecule has 10 nitrogen and oxygen atoms in total. The van der Waals surface area contributed by atoms with E-state index in [4.69, 9.17) is 14.2 Å². The number of rotatable bonds is 11. The van der Waals surface area contributed by atoms with E-state index in [0.29, 0.717) is 24.6 Å². The van der Waals surface area contributed by atoms with Crippen molar-refractivity contribution in [3.63, 3.8) is 0 Å². The van der Waals surface area contributed by atoms with Crippen LogP contribution in [0.2, 0.25) is 0 Å². The van der Waals surface area contributed by atoms with Crippen LogP contribution in [0.1, 0.15) is 34.3 Å². The Balaban J connectivity index is 1.62. The van der Waals surface area contributed by atoms with Crippen LogP contribution < -0.4 is 24.4 Å². The van der Waals surface area contributed by atoms with Crippen LogP contribution in [0.4, 0.5) is 11.4 Å². The standard InChI is InChI=1S/C30H35N3O7S/c1-20-14-21(2)16-22(15-20)33(41(36,37)24-11-12-27(38-3)28(17-24)39-4)19-29(34)32-26-10-6-5-9-25(26)30(35)31-18-23-8-7-13-40-23/h5-6,9-12,14-17,23H,7-8,13,18-19H2,1-4H3,(H,31,35)(H,32,34)/t23-/m0/s1. The molecule has 1 saturated heterocycles. The van der Waals surface area contributed by atoms with E-state index >= 15 is 0 Å². The summed E-state index contributed by atoms with van der Waals surface area (Å²) >= 11 is 0. The molecule has 0 unspecified atom stereocenters. The zero-order valence-electron chi connectivity index (χ0n) is 23.6. The molecule has 41 heavy (non-hydrogen) atoms. The molecule has 1 atom stereocenters. The summed E-state index contributed by atoms with van der Waals surface area (Å²) in [7, 11) is -1.36. The number of carbonyl (C=O) groups is 2. The first-order valence-electron chi connectivity index (χ1n) is 13.2. The summed E-state index contributed by atoms with van der Waals surface area (Å²) in [6.07, 6.45) is 1.80. The Morgan fingerprint density at radius 3 is 2.34 bits per heavy atom. The van der Waals surface area contributed by atoms with Gasteiger partial charge in [0.25, 0.3) is 15.9 Å².